The summed E-state index contributed by atoms with van der Waals surface area (Å²) in [5.74, 6) is 2.64. The predicted octanol–water partition coefficient (Wildman–Crippen LogP) is 14.0. The fraction of sp³-hybridized carbons (Fsp3) is 0.0769. The molecule has 12 rings (SSSR count). The molecule has 1 aliphatic heterocycles. The minimum absolute atomic E-state index is 0.196. The van der Waals surface area contributed by atoms with E-state index >= 15 is 0 Å². The third-order valence-corrected chi connectivity index (χ3v) is 12.2. The second-order valence-corrected chi connectivity index (χ2v) is 15.1. The first-order valence-electron chi connectivity index (χ1n) is 19.0. The van der Waals surface area contributed by atoms with Crippen molar-refractivity contribution in [2.45, 2.75) is 18.8 Å². The van der Waals surface area contributed by atoms with Crippen molar-refractivity contribution in [3.8, 4) is 16.9 Å². The lowest BCUT2D eigenvalue weighted by atomic mass is 9.78. The van der Waals surface area contributed by atoms with Crippen molar-refractivity contribution in [1.29, 1.82) is 0 Å². The quantitative estimate of drug-likeness (QED) is 0.172. The molecule has 8 aromatic rings. The number of fused-ring (bicyclic) bond motifs is 11. The Balaban J connectivity index is 0.908. The molecule has 0 saturated carbocycles. The van der Waals surface area contributed by atoms with E-state index in [1.807, 2.05) is 12.1 Å². The molecule has 2 atom stereocenters. The zero-order valence-corrected chi connectivity index (χ0v) is 29.6. The molecule has 1 aromatic heterocycles. The maximum absolute atomic E-state index is 6.66. The molecule has 2 heteroatoms. The molecule has 2 nitrogen and oxygen atoms in total. The Kier molecular flexibility index (Phi) is 6.32. The summed E-state index contributed by atoms with van der Waals surface area (Å²) in [5.41, 5.74) is 12.4. The van der Waals surface area contributed by atoms with Gasteiger partial charge < -0.3 is 9.15 Å². The summed E-state index contributed by atoms with van der Waals surface area (Å²) >= 11 is 0. The highest BCUT2D eigenvalue weighted by molar-refractivity contribution is 6.19. The lowest BCUT2D eigenvalue weighted by molar-refractivity contribution is 0.430. The molecule has 0 spiro atoms. The van der Waals surface area contributed by atoms with Gasteiger partial charge in [-0.25, -0.2) is 0 Å². The first-order chi connectivity index (χ1) is 26.7. The molecule has 0 radical (unpaired) electrons. The van der Waals surface area contributed by atoms with Crippen LogP contribution in [0, 0.1) is 5.92 Å². The molecular formula is C52H34O2. The number of ether oxygens (including phenoxy) is 1. The number of rotatable bonds is 3. The lowest BCUT2D eigenvalue weighted by Gasteiger charge is -2.25. The van der Waals surface area contributed by atoms with Crippen LogP contribution in [-0.2, 0) is 0 Å². The van der Waals surface area contributed by atoms with E-state index in [1.165, 1.54) is 66.1 Å². The predicted molar refractivity (Wildman–Crippen MR) is 225 cm³/mol. The molecule has 7 aromatic carbocycles. The van der Waals surface area contributed by atoms with E-state index in [9.17, 15) is 0 Å². The Morgan fingerprint density at radius 1 is 0.500 bits per heavy atom. The van der Waals surface area contributed by atoms with Gasteiger partial charge in [0, 0.05) is 33.6 Å². The first kappa shape index (κ1) is 29.9. The molecule has 0 saturated heterocycles. The van der Waals surface area contributed by atoms with Gasteiger partial charge in [-0.1, -0.05) is 146 Å². The molecule has 2 heterocycles. The fourth-order valence-corrected chi connectivity index (χ4v) is 9.60. The van der Waals surface area contributed by atoms with Crippen molar-refractivity contribution < 1.29 is 9.15 Å². The van der Waals surface area contributed by atoms with E-state index in [0.717, 1.165) is 57.1 Å². The molecular weight excluding hydrogens is 657 g/mol. The normalized spacial score (nSPS) is 18.7. The standard InChI is InChI=1S/C52H34O2/c1-2-10-34-27-37(22-19-31(34)9-1)51-41-14-5-3-12-39(41)50(40-13-4-6-15-42(40)51)33-20-17-32(18-21-33)35-24-26-48-45(28-35)43-25-23-36-29-49-46(30-44(36)52(43)54-48)38-11-7-8-16-47(38)53-49/h1-26,29-30,34,45H,27-28H2. The summed E-state index contributed by atoms with van der Waals surface area (Å²) in [7, 11) is 0. The molecule has 0 N–H and O–H groups in total. The van der Waals surface area contributed by atoms with Gasteiger partial charge in [-0.15, -0.1) is 0 Å². The molecule has 54 heavy (non-hydrogen) atoms. The summed E-state index contributed by atoms with van der Waals surface area (Å²) in [5, 5.41) is 9.77. The Bertz CT molecular complexity index is 3060. The third-order valence-electron chi connectivity index (χ3n) is 12.2. The molecule has 0 bridgehead atoms. The van der Waals surface area contributed by atoms with E-state index in [0.29, 0.717) is 5.92 Å². The second kappa shape index (κ2) is 11.4. The van der Waals surface area contributed by atoms with Crippen molar-refractivity contribution in [2.24, 2.45) is 5.92 Å². The van der Waals surface area contributed by atoms with Crippen LogP contribution < -0.4 is 4.74 Å². The summed E-state index contributed by atoms with van der Waals surface area (Å²) in [4.78, 5) is 0. The van der Waals surface area contributed by atoms with Crippen LogP contribution in [0.1, 0.15) is 35.4 Å². The smallest absolute Gasteiger partial charge is 0.138 e. The number of furan rings is 1. The summed E-state index contributed by atoms with van der Waals surface area (Å²) in [6.45, 7) is 0. The largest absolute Gasteiger partial charge is 0.460 e. The fourth-order valence-electron chi connectivity index (χ4n) is 9.60. The Morgan fingerprint density at radius 2 is 1.20 bits per heavy atom. The second-order valence-electron chi connectivity index (χ2n) is 15.1. The van der Waals surface area contributed by atoms with Crippen molar-refractivity contribution >= 4 is 65.4 Å². The van der Waals surface area contributed by atoms with Crippen molar-refractivity contribution in [3.05, 3.63) is 198 Å². The van der Waals surface area contributed by atoms with Crippen molar-refractivity contribution in [2.75, 3.05) is 0 Å². The SMILES string of the molecule is C1=CC2=CC=C(c3c4ccccc4c(-c4ccc(C5=CC=C6Oc7c(ccc8cc9oc%10ccccc%10c9cc78)C6C5)cc4)c4ccccc34)CC2C=C1. The van der Waals surface area contributed by atoms with Crippen LogP contribution in [0.2, 0.25) is 0 Å². The van der Waals surface area contributed by atoms with Gasteiger partial charge in [-0.05, 0) is 103 Å². The highest BCUT2D eigenvalue weighted by Crippen LogP contribution is 2.51. The summed E-state index contributed by atoms with van der Waals surface area (Å²) in [6, 6.07) is 44.4. The summed E-state index contributed by atoms with van der Waals surface area (Å²) < 4.78 is 12.9. The maximum atomic E-state index is 6.66. The van der Waals surface area contributed by atoms with Crippen LogP contribution in [0.15, 0.2) is 186 Å². The van der Waals surface area contributed by atoms with Crippen LogP contribution in [0.25, 0.3) is 76.5 Å². The van der Waals surface area contributed by atoms with Gasteiger partial charge in [-0.2, -0.15) is 0 Å². The molecule has 0 amide bonds. The number of benzene rings is 7. The van der Waals surface area contributed by atoms with Gasteiger partial charge in [0.15, 0.2) is 0 Å². The van der Waals surface area contributed by atoms with Crippen LogP contribution in [-0.4, -0.2) is 0 Å². The van der Waals surface area contributed by atoms with Gasteiger partial charge in [0.1, 0.15) is 22.7 Å². The van der Waals surface area contributed by atoms with Gasteiger partial charge in [-0.3, -0.25) is 0 Å². The monoisotopic (exact) mass is 690 g/mol. The Morgan fingerprint density at radius 3 is 2.00 bits per heavy atom. The highest BCUT2D eigenvalue weighted by Gasteiger charge is 2.34. The minimum atomic E-state index is 0.196. The van der Waals surface area contributed by atoms with Gasteiger partial charge in [0.25, 0.3) is 0 Å². The van der Waals surface area contributed by atoms with Crippen LogP contribution in [0.5, 0.6) is 5.75 Å². The first-order valence-corrected chi connectivity index (χ1v) is 19.0. The van der Waals surface area contributed by atoms with Crippen LogP contribution in [0.3, 0.4) is 0 Å². The topological polar surface area (TPSA) is 22.4 Å². The number of allylic oxidation sites excluding steroid dienone is 12. The third kappa shape index (κ3) is 4.40. The van der Waals surface area contributed by atoms with E-state index in [1.54, 1.807) is 0 Å². The van der Waals surface area contributed by atoms with Gasteiger partial charge in [0.2, 0.25) is 0 Å². The zero-order valence-electron chi connectivity index (χ0n) is 29.6. The van der Waals surface area contributed by atoms with E-state index in [-0.39, 0.29) is 5.92 Å². The molecule has 0 fully saturated rings. The zero-order chi connectivity index (χ0) is 35.3. The van der Waals surface area contributed by atoms with E-state index < -0.39 is 0 Å². The Labute approximate surface area is 313 Å². The van der Waals surface area contributed by atoms with Crippen molar-refractivity contribution in [1.82, 2.24) is 0 Å². The molecule has 2 unspecified atom stereocenters. The van der Waals surface area contributed by atoms with Crippen LogP contribution in [0.4, 0.5) is 0 Å². The Hall–Kier alpha value is -6.64. The molecule has 4 aliphatic rings. The number of hydrogen-bond donors (Lipinski definition) is 0. The van der Waals surface area contributed by atoms with Crippen LogP contribution >= 0.6 is 0 Å². The summed E-state index contributed by atoms with van der Waals surface area (Å²) in [6.07, 6.45) is 20.0. The minimum Gasteiger partial charge on any atom is -0.460 e. The van der Waals surface area contributed by atoms with Crippen molar-refractivity contribution in [3.63, 3.8) is 0 Å². The van der Waals surface area contributed by atoms with Gasteiger partial charge >= 0.3 is 0 Å². The number of para-hydroxylation sites is 1. The maximum Gasteiger partial charge on any atom is 0.138 e. The van der Waals surface area contributed by atoms with E-state index in [2.05, 4.69) is 158 Å². The number of hydrogen-bond acceptors (Lipinski definition) is 2. The van der Waals surface area contributed by atoms with E-state index in [4.69, 9.17) is 9.15 Å². The average Bonchev–Trinajstić information content (AvgIpc) is 3.79. The van der Waals surface area contributed by atoms with Gasteiger partial charge in [0.05, 0.1) is 0 Å². The molecule has 3 aliphatic carbocycles. The lowest BCUT2D eigenvalue weighted by Crippen LogP contribution is -2.07. The highest BCUT2D eigenvalue weighted by atomic mass is 16.5. The molecule has 254 valence electrons. The average molecular weight is 691 g/mol.